The molecule has 4 nitrogen and oxygen atoms in total. The summed E-state index contributed by atoms with van der Waals surface area (Å²) in [4.78, 5) is 23.6. The van der Waals surface area contributed by atoms with Gasteiger partial charge in [-0.2, -0.15) is 0 Å². The van der Waals surface area contributed by atoms with Gasteiger partial charge in [0.05, 0.1) is 0 Å². The second-order valence-electron chi connectivity index (χ2n) is 5.98. The highest BCUT2D eigenvalue weighted by atomic mass is 32.1. The van der Waals surface area contributed by atoms with E-state index >= 15 is 0 Å². The lowest BCUT2D eigenvalue weighted by Crippen LogP contribution is -2.32. The number of hydrogen-bond acceptors (Lipinski definition) is 3. The largest absolute Gasteiger partial charge is 0.332 e. The topological polar surface area (TPSA) is 58.2 Å². The van der Waals surface area contributed by atoms with Crippen molar-refractivity contribution in [1.82, 2.24) is 5.32 Å². The maximum atomic E-state index is 12.1. The molecule has 3 aromatic rings. The molecule has 3 aromatic carbocycles. The molecule has 0 heterocycles. The number of ketones is 1. The Morgan fingerprint density at radius 3 is 2.52 bits per heavy atom. The molecule has 134 valence electrons. The molecule has 2 N–H and O–H groups in total. The summed E-state index contributed by atoms with van der Waals surface area (Å²) in [6, 6.07) is 20.9. The number of carbonyl (C=O) groups is 2. The molecule has 0 bridgehead atoms. The van der Waals surface area contributed by atoms with E-state index < -0.39 is 0 Å². The van der Waals surface area contributed by atoms with Crippen LogP contribution in [0.15, 0.2) is 72.8 Å². The first-order chi connectivity index (χ1) is 13.0. The number of Topliss-reactive ketones (excluding diaryl/α,β-unsaturated/α-hetero) is 1. The lowest BCUT2D eigenvalue weighted by molar-refractivity contribution is -0.115. The highest BCUT2D eigenvalue weighted by Gasteiger charge is 2.05. The Bertz CT molecular complexity index is 1050. The molecule has 1 amide bonds. The predicted molar refractivity (Wildman–Crippen MR) is 114 cm³/mol. The van der Waals surface area contributed by atoms with Crippen molar-refractivity contribution in [3.63, 3.8) is 0 Å². The first-order valence-corrected chi connectivity index (χ1v) is 8.82. The molecular weight excluding hydrogens is 356 g/mol. The molecule has 0 aromatic heterocycles. The summed E-state index contributed by atoms with van der Waals surface area (Å²) in [7, 11) is 0. The van der Waals surface area contributed by atoms with Gasteiger partial charge in [-0.3, -0.25) is 14.9 Å². The average Bonchev–Trinajstić information content (AvgIpc) is 2.66. The van der Waals surface area contributed by atoms with Gasteiger partial charge in [-0.25, -0.2) is 0 Å². The average molecular weight is 374 g/mol. The quantitative estimate of drug-likeness (QED) is 0.399. The third kappa shape index (κ3) is 4.86. The fourth-order valence-electron chi connectivity index (χ4n) is 2.69. The van der Waals surface area contributed by atoms with Gasteiger partial charge < -0.3 is 5.32 Å². The monoisotopic (exact) mass is 374 g/mol. The zero-order valence-corrected chi connectivity index (χ0v) is 15.5. The Morgan fingerprint density at radius 1 is 0.963 bits per heavy atom. The van der Waals surface area contributed by atoms with E-state index in [1.54, 1.807) is 30.3 Å². The third-order valence-corrected chi connectivity index (χ3v) is 4.21. The van der Waals surface area contributed by atoms with Crippen molar-refractivity contribution in [2.75, 3.05) is 5.32 Å². The summed E-state index contributed by atoms with van der Waals surface area (Å²) in [5.74, 6) is -0.366. The molecular formula is C22H18N2O2S. The molecule has 27 heavy (non-hydrogen) atoms. The molecule has 0 aliphatic carbocycles. The summed E-state index contributed by atoms with van der Waals surface area (Å²) >= 11 is 5.17. The van der Waals surface area contributed by atoms with E-state index in [1.165, 1.54) is 13.0 Å². The minimum absolute atomic E-state index is 0.0355. The van der Waals surface area contributed by atoms with Crippen LogP contribution in [0.25, 0.3) is 16.8 Å². The van der Waals surface area contributed by atoms with Crippen LogP contribution in [0.2, 0.25) is 0 Å². The van der Waals surface area contributed by atoms with Gasteiger partial charge in [0.2, 0.25) is 5.91 Å². The van der Waals surface area contributed by atoms with Gasteiger partial charge in [-0.05, 0) is 53.7 Å². The highest BCUT2D eigenvalue weighted by molar-refractivity contribution is 7.80. The number of fused-ring (bicyclic) bond motifs is 1. The second kappa shape index (κ2) is 8.38. The van der Waals surface area contributed by atoms with Crippen molar-refractivity contribution < 1.29 is 9.59 Å². The smallest absolute Gasteiger partial charge is 0.250 e. The zero-order chi connectivity index (χ0) is 19.2. The Balaban J connectivity index is 1.65. The summed E-state index contributed by atoms with van der Waals surface area (Å²) < 4.78 is 0. The number of rotatable bonds is 4. The van der Waals surface area contributed by atoms with E-state index in [0.29, 0.717) is 11.3 Å². The number of amides is 1. The van der Waals surface area contributed by atoms with E-state index in [2.05, 4.69) is 10.6 Å². The van der Waals surface area contributed by atoms with Crippen LogP contribution in [0, 0.1) is 0 Å². The highest BCUT2D eigenvalue weighted by Crippen LogP contribution is 2.19. The summed E-state index contributed by atoms with van der Waals surface area (Å²) in [6.07, 6.45) is 3.21. The van der Waals surface area contributed by atoms with E-state index in [-0.39, 0.29) is 16.8 Å². The van der Waals surface area contributed by atoms with Crippen LogP contribution in [0.1, 0.15) is 22.8 Å². The Hall–Kier alpha value is -3.31. The SMILES string of the molecule is CC(=O)c1cccc(NC(=S)NC(=O)/C=C/c2cccc3ccccc23)c1. The van der Waals surface area contributed by atoms with Gasteiger partial charge in [-0.15, -0.1) is 0 Å². The molecule has 0 fully saturated rings. The van der Waals surface area contributed by atoms with Gasteiger partial charge in [0.25, 0.3) is 0 Å². The number of nitrogens with one attached hydrogen (secondary N) is 2. The standard InChI is InChI=1S/C22H18N2O2S/c1-15(25)18-9-5-10-19(14-18)23-22(27)24-21(26)13-12-17-8-4-7-16-6-2-3-11-20(16)17/h2-14H,1H3,(H2,23,24,26,27)/b13-12+. The van der Waals surface area contributed by atoms with Crippen molar-refractivity contribution in [2.45, 2.75) is 6.92 Å². The lowest BCUT2D eigenvalue weighted by Gasteiger charge is -2.09. The molecule has 0 saturated heterocycles. The third-order valence-electron chi connectivity index (χ3n) is 4.00. The molecule has 0 unspecified atom stereocenters. The predicted octanol–water partition coefficient (Wildman–Crippen LogP) is 4.57. The van der Waals surface area contributed by atoms with E-state index in [0.717, 1.165) is 16.3 Å². The fourth-order valence-corrected chi connectivity index (χ4v) is 2.91. The van der Waals surface area contributed by atoms with Gasteiger partial charge in [0.1, 0.15) is 0 Å². The van der Waals surface area contributed by atoms with Crippen LogP contribution in [0.4, 0.5) is 5.69 Å². The van der Waals surface area contributed by atoms with Crippen molar-refractivity contribution in [3.05, 3.63) is 83.9 Å². The summed E-state index contributed by atoms with van der Waals surface area (Å²) in [6.45, 7) is 1.50. The van der Waals surface area contributed by atoms with Gasteiger partial charge in [-0.1, -0.05) is 54.6 Å². The molecule has 0 saturated carbocycles. The van der Waals surface area contributed by atoms with Crippen LogP contribution in [0.3, 0.4) is 0 Å². The van der Waals surface area contributed by atoms with Gasteiger partial charge in [0, 0.05) is 17.3 Å². The van der Waals surface area contributed by atoms with Crippen LogP contribution >= 0.6 is 12.2 Å². The van der Waals surface area contributed by atoms with Crippen molar-refractivity contribution >= 4 is 51.6 Å². The number of carbonyl (C=O) groups excluding carboxylic acids is 2. The molecule has 5 heteroatoms. The molecule has 0 spiro atoms. The normalized spacial score (nSPS) is 10.7. The first-order valence-electron chi connectivity index (χ1n) is 8.42. The van der Waals surface area contributed by atoms with Crippen LogP contribution in [0.5, 0.6) is 0 Å². The minimum Gasteiger partial charge on any atom is -0.332 e. The van der Waals surface area contributed by atoms with Crippen LogP contribution < -0.4 is 10.6 Å². The Morgan fingerprint density at radius 2 is 1.70 bits per heavy atom. The van der Waals surface area contributed by atoms with Gasteiger partial charge in [0.15, 0.2) is 10.9 Å². The Labute approximate surface area is 162 Å². The van der Waals surface area contributed by atoms with Crippen LogP contribution in [-0.4, -0.2) is 16.8 Å². The van der Waals surface area contributed by atoms with E-state index in [1.807, 2.05) is 42.5 Å². The number of benzene rings is 3. The number of hydrogen-bond donors (Lipinski definition) is 2. The molecule has 0 radical (unpaired) electrons. The summed E-state index contributed by atoms with van der Waals surface area (Å²) in [5.41, 5.74) is 2.17. The van der Waals surface area contributed by atoms with Gasteiger partial charge >= 0.3 is 0 Å². The summed E-state index contributed by atoms with van der Waals surface area (Å²) in [5, 5.41) is 7.87. The zero-order valence-electron chi connectivity index (χ0n) is 14.7. The fraction of sp³-hybridized carbons (Fsp3) is 0.0455. The molecule has 3 rings (SSSR count). The minimum atomic E-state index is -0.330. The van der Waals surface area contributed by atoms with E-state index in [4.69, 9.17) is 12.2 Å². The maximum Gasteiger partial charge on any atom is 0.250 e. The Kier molecular flexibility index (Phi) is 5.74. The first kappa shape index (κ1) is 18.5. The van der Waals surface area contributed by atoms with Crippen LogP contribution in [-0.2, 0) is 4.79 Å². The second-order valence-corrected chi connectivity index (χ2v) is 6.39. The van der Waals surface area contributed by atoms with E-state index in [9.17, 15) is 9.59 Å². The maximum absolute atomic E-state index is 12.1. The lowest BCUT2D eigenvalue weighted by atomic mass is 10.0. The van der Waals surface area contributed by atoms with Crippen molar-refractivity contribution in [1.29, 1.82) is 0 Å². The number of anilines is 1. The molecule has 0 atom stereocenters. The molecule has 0 aliphatic heterocycles. The van der Waals surface area contributed by atoms with Crippen molar-refractivity contribution in [2.24, 2.45) is 0 Å². The number of thiocarbonyl (C=S) groups is 1. The van der Waals surface area contributed by atoms with Crippen molar-refractivity contribution in [3.8, 4) is 0 Å². The molecule has 0 aliphatic rings.